The molecule has 0 aliphatic heterocycles. The van der Waals surface area contributed by atoms with E-state index in [1.54, 1.807) is 26.1 Å². The SMILES string of the molecule is CCCNc1cc(C(=O)NC(C)C(=O)NC)cc(CC)n1. The number of aromatic nitrogens is 1. The molecule has 1 aromatic rings. The smallest absolute Gasteiger partial charge is 0.252 e. The summed E-state index contributed by atoms with van der Waals surface area (Å²) in [6, 6.07) is 2.89. The zero-order valence-corrected chi connectivity index (χ0v) is 13.1. The van der Waals surface area contributed by atoms with Crippen LogP contribution in [0.4, 0.5) is 5.82 Å². The molecule has 3 N–H and O–H groups in total. The van der Waals surface area contributed by atoms with Crippen LogP contribution in [0.15, 0.2) is 12.1 Å². The summed E-state index contributed by atoms with van der Waals surface area (Å²) in [6.45, 7) is 6.50. The van der Waals surface area contributed by atoms with Gasteiger partial charge in [0.2, 0.25) is 5.91 Å². The van der Waals surface area contributed by atoms with Crippen LogP contribution in [0.2, 0.25) is 0 Å². The van der Waals surface area contributed by atoms with Gasteiger partial charge in [0.15, 0.2) is 0 Å². The second kappa shape index (κ2) is 8.24. The van der Waals surface area contributed by atoms with Crippen molar-refractivity contribution in [2.45, 2.75) is 39.7 Å². The molecule has 0 saturated carbocycles. The van der Waals surface area contributed by atoms with E-state index in [-0.39, 0.29) is 11.8 Å². The summed E-state index contributed by atoms with van der Waals surface area (Å²) in [5.74, 6) is 0.189. The minimum Gasteiger partial charge on any atom is -0.370 e. The molecule has 1 aromatic heterocycles. The Balaban J connectivity index is 2.89. The monoisotopic (exact) mass is 292 g/mol. The van der Waals surface area contributed by atoms with Gasteiger partial charge in [-0.3, -0.25) is 9.59 Å². The molecule has 116 valence electrons. The molecule has 0 bridgehead atoms. The summed E-state index contributed by atoms with van der Waals surface area (Å²) in [4.78, 5) is 28.1. The molecule has 0 radical (unpaired) electrons. The van der Waals surface area contributed by atoms with Crippen molar-refractivity contribution < 1.29 is 9.59 Å². The summed E-state index contributed by atoms with van der Waals surface area (Å²) in [5, 5.41) is 8.36. The van der Waals surface area contributed by atoms with Crippen molar-refractivity contribution in [3.8, 4) is 0 Å². The van der Waals surface area contributed by atoms with Crippen LogP contribution in [0.25, 0.3) is 0 Å². The molecule has 0 aliphatic carbocycles. The Kier molecular flexibility index (Phi) is 6.65. The van der Waals surface area contributed by atoms with E-state index in [2.05, 4.69) is 27.9 Å². The van der Waals surface area contributed by atoms with Crippen LogP contribution in [0, 0.1) is 0 Å². The van der Waals surface area contributed by atoms with Crippen LogP contribution >= 0.6 is 0 Å². The van der Waals surface area contributed by atoms with Crippen LogP contribution in [-0.4, -0.2) is 36.4 Å². The van der Waals surface area contributed by atoms with Gasteiger partial charge in [-0.1, -0.05) is 13.8 Å². The lowest BCUT2D eigenvalue weighted by Gasteiger charge is -2.14. The fourth-order valence-corrected chi connectivity index (χ4v) is 1.81. The Morgan fingerprint density at radius 2 is 2.00 bits per heavy atom. The number of nitrogens with zero attached hydrogens (tertiary/aromatic N) is 1. The predicted molar refractivity (Wildman–Crippen MR) is 83.4 cm³/mol. The van der Waals surface area contributed by atoms with Gasteiger partial charge >= 0.3 is 0 Å². The second-order valence-electron chi connectivity index (χ2n) is 4.82. The third-order valence-electron chi connectivity index (χ3n) is 3.05. The molecular formula is C15H24N4O2. The molecule has 0 aromatic carbocycles. The first kappa shape index (κ1) is 16.9. The Labute approximate surface area is 125 Å². The highest BCUT2D eigenvalue weighted by molar-refractivity contribution is 5.98. The third kappa shape index (κ3) is 5.06. The number of aryl methyl sites for hydroxylation is 1. The molecular weight excluding hydrogens is 268 g/mol. The van der Waals surface area contributed by atoms with Crippen molar-refractivity contribution >= 4 is 17.6 Å². The first-order valence-electron chi connectivity index (χ1n) is 7.29. The van der Waals surface area contributed by atoms with Crippen molar-refractivity contribution in [2.75, 3.05) is 18.9 Å². The zero-order valence-electron chi connectivity index (χ0n) is 13.1. The Hall–Kier alpha value is -2.11. The van der Waals surface area contributed by atoms with Crippen LogP contribution in [0.1, 0.15) is 43.2 Å². The average molecular weight is 292 g/mol. The van der Waals surface area contributed by atoms with Gasteiger partial charge in [0, 0.05) is 24.8 Å². The molecule has 1 rings (SSSR count). The van der Waals surface area contributed by atoms with Gasteiger partial charge < -0.3 is 16.0 Å². The molecule has 0 aliphatic rings. The molecule has 0 saturated heterocycles. The third-order valence-corrected chi connectivity index (χ3v) is 3.05. The van der Waals surface area contributed by atoms with Crippen LogP contribution in [-0.2, 0) is 11.2 Å². The number of nitrogens with one attached hydrogen (secondary N) is 3. The quantitative estimate of drug-likeness (QED) is 0.708. The van der Waals surface area contributed by atoms with Crippen molar-refractivity contribution in [2.24, 2.45) is 0 Å². The highest BCUT2D eigenvalue weighted by atomic mass is 16.2. The highest BCUT2D eigenvalue weighted by Crippen LogP contribution is 2.12. The van der Waals surface area contributed by atoms with E-state index in [1.807, 2.05) is 6.92 Å². The van der Waals surface area contributed by atoms with Crippen molar-refractivity contribution in [1.82, 2.24) is 15.6 Å². The number of anilines is 1. The maximum absolute atomic E-state index is 12.2. The predicted octanol–water partition coefficient (Wildman–Crippen LogP) is 1.33. The van der Waals surface area contributed by atoms with E-state index in [9.17, 15) is 9.59 Å². The van der Waals surface area contributed by atoms with E-state index in [0.717, 1.165) is 25.1 Å². The summed E-state index contributed by atoms with van der Waals surface area (Å²) in [5.41, 5.74) is 1.35. The van der Waals surface area contributed by atoms with E-state index >= 15 is 0 Å². The van der Waals surface area contributed by atoms with Gasteiger partial charge in [-0.05, 0) is 31.9 Å². The number of likely N-dealkylation sites (N-methyl/N-ethyl adjacent to an activating group) is 1. The molecule has 21 heavy (non-hydrogen) atoms. The van der Waals surface area contributed by atoms with Gasteiger partial charge in [0.25, 0.3) is 5.91 Å². The highest BCUT2D eigenvalue weighted by Gasteiger charge is 2.16. The normalized spacial score (nSPS) is 11.6. The maximum atomic E-state index is 12.2. The Morgan fingerprint density at radius 3 is 2.57 bits per heavy atom. The van der Waals surface area contributed by atoms with E-state index < -0.39 is 6.04 Å². The van der Waals surface area contributed by atoms with Crippen LogP contribution in [0.5, 0.6) is 0 Å². The average Bonchev–Trinajstić information content (AvgIpc) is 2.51. The van der Waals surface area contributed by atoms with Crippen molar-refractivity contribution in [1.29, 1.82) is 0 Å². The van der Waals surface area contributed by atoms with Gasteiger partial charge in [-0.15, -0.1) is 0 Å². The Morgan fingerprint density at radius 1 is 1.29 bits per heavy atom. The lowest BCUT2D eigenvalue weighted by Crippen LogP contribution is -2.43. The van der Waals surface area contributed by atoms with E-state index in [0.29, 0.717) is 11.4 Å². The fourth-order valence-electron chi connectivity index (χ4n) is 1.81. The standard InChI is InChI=1S/C15H24N4O2/c1-5-7-17-13-9-11(8-12(6-2)19-13)15(21)18-10(3)14(20)16-4/h8-10H,5-7H2,1-4H3,(H,16,20)(H,17,19)(H,18,21). The van der Waals surface area contributed by atoms with Crippen LogP contribution < -0.4 is 16.0 Å². The topological polar surface area (TPSA) is 83.1 Å². The number of rotatable bonds is 7. The maximum Gasteiger partial charge on any atom is 0.252 e. The summed E-state index contributed by atoms with van der Waals surface area (Å²) in [7, 11) is 1.54. The lowest BCUT2D eigenvalue weighted by molar-refractivity contribution is -0.122. The summed E-state index contributed by atoms with van der Waals surface area (Å²) >= 11 is 0. The number of pyridine rings is 1. The molecule has 0 spiro atoms. The largest absolute Gasteiger partial charge is 0.370 e. The molecule has 2 amide bonds. The van der Waals surface area contributed by atoms with Crippen molar-refractivity contribution in [3.05, 3.63) is 23.4 Å². The fraction of sp³-hybridized carbons (Fsp3) is 0.533. The first-order chi connectivity index (χ1) is 10.0. The number of hydrogen-bond donors (Lipinski definition) is 3. The minimum absolute atomic E-state index is 0.225. The van der Waals surface area contributed by atoms with Gasteiger partial charge in [-0.2, -0.15) is 0 Å². The molecule has 1 heterocycles. The first-order valence-corrected chi connectivity index (χ1v) is 7.29. The van der Waals surface area contributed by atoms with Gasteiger partial charge in [0.05, 0.1) is 0 Å². The van der Waals surface area contributed by atoms with E-state index in [4.69, 9.17) is 0 Å². The van der Waals surface area contributed by atoms with Crippen molar-refractivity contribution in [3.63, 3.8) is 0 Å². The molecule has 6 heteroatoms. The molecule has 6 nitrogen and oxygen atoms in total. The second-order valence-corrected chi connectivity index (χ2v) is 4.82. The summed E-state index contributed by atoms with van der Waals surface area (Å²) < 4.78 is 0. The number of carbonyl (C=O) groups is 2. The zero-order chi connectivity index (χ0) is 15.8. The lowest BCUT2D eigenvalue weighted by atomic mass is 10.1. The van der Waals surface area contributed by atoms with Gasteiger partial charge in [0.1, 0.15) is 11.9 Å². The molecule has 1 unspecified atom stereocenters. The number of carbonyl (C=O) groups excluding carboxylic acids is 2. The Bertz CT molecular complexity index is 502. The molecule has 1 atom stereocenters. The van der Waals surface area contributed by atoms with Gasteiger partial charge in [-0.25, -0.2) is 4.98 Å². The molecule has 0 fully saturated rings. The van der Waals surface area contributed by atoms with E-state index in [1.165, 1.54) is 0 Å². The summed E-state index contributed by atoms with van der Waals surface area (Å²) in [6.07, 6.45) is 1.72. The number of amides is 2. The number of hydrogen-bond acceptors (Lipinski definition) is 4. The minimum atomic E-state index is -0.576. The van der Waals surface area contributed by atoms with Crippen LogP contribution in [0.3, 0.4) is 0 Å².